The summed E-state index contributed by atoms with van der Waals surface area (Å²) in [7, 11) is 0. The number of aromatic nitrogens is 1. The van der Waals surface area contributed by atoms with E-state index >= 15 is 0 Å². The molecule has 0 radical (unpaired) electrons. The van der Waals surface area contributed by atoms with Crippen molar-refractivity contribution < 1.29 is 9.59 Å². The number of amides is 2. The molecule has 1 aromatic carbocycles. The molecule has 1 aliphatic heterocycles. The van der Waals surface area contributed by atoms with Crippen molar-refractivity contribution in [2.24, 2.45) is 5.92 Å². The van der Waals surface area contributed by atoms with Gasteiger partial charge in [0.15, 0.2) is 0 Å². The van der Waals surface area contributed by atoms with Crippen molar-refractivity contribution in [3.8, 4) is 0 Å². The maximum atomic E-state index is 13.2. The van der Waals surface area contributed by atoms with E-state index in [1.54, 1.807) is 18.3 Å². The number of nitrogens with zero attached hydrogens (tertiary/aromatic N) is 3. The Morgan fingerprint density at radius 2 is 1.76 bits per heavy atom. The van der Waals surface area contributed by atoms with Crippen LogP contribution in [0.5, 0.6) is 0 Å². The van der Waals surface area contributed by atoms with Gasteiger partial charge in [-0.1, -0.05) is 37.6 Å². The van der Waals surface area contributed by atoms with E-state index in [9.17, 15) is 9.59 Å². The monoisotopic (exact) mass is 394 g/mol. The fourth-order valence-corrected chi connectivity index (χ4v) is 3.55. The summed E-state index contributed by atoms with van der Waals surface area (Å²) in [5.41, 5.74) is 1.67. The average Bonchev–Trinajstić information content (AvgIpc) is 2.98. The molecule has 29 heavy (non-hydrogen) atoms. The van der Waals surface area contributed by atoms with Crippen LogP contribution in [-0.2, 0) is 4.79 Å². The zero-order valence-corrected chi connectivity index (χ0v) is 17.5. The van der Waals surface area contributed by atoms with Crippen molar-refractivity contribution in [3.63, 3.8) is 0 Å². The van der Waals surface area contributed by atoms with Crippen molar-refractivity contribution >= 4 is 17.6 Å². The molecule has 3 rings (SSSR count). The molecule has 1 N–H and O–H groups in total. The van der Waals surface area contributed by atoms with Gasteiger partial charge in [-0.25, -0.2) is 4.98 Å². The lowest BCUT2D eigenvalue weighted by Gasteiger charge is -2.29. The number of anilines is 1. The highest BCUT2D eigenvalue weighted by Gasteiger charge is 2.30. The molecule has 6 heteroatoms. The standard InChI is InChI=1S/C23H30N4O2/c1-17(2)21(25-22(28)19-10-8-18(3)9-11-19)23(29)27-14-6-13-26(15-16-27)20-7-4-5-12-24-20/h4-5,7-12,17,21H,6,13-16H2,1-3H3,(H,25,28). The number of aryl methyl sites for hydroxylation is 1. The van der Waals surface area contributed by atoms with Gasteiger partial charge in [-0.2, -0.15) is 0 Å². The van der Waals surface area contributed by atoms with Gasteiger partial charge >= 0.3 is 0 Å². The normalized spacial score (nSPS) is 15.7. The Morgan fingerprint density at radius 1 is 1.00 bits per heavy atom. The Hall–Kier alpha value is -2.89. The number of rotatable bonds is 5. The third-order valence-electron chi connectivity index (χ3n) is 5.31. The van der Waals surface area contributed by atoms with Crippen molar-refractivity contribution in [1.82, 2.24) is 15.2 Å². The summed E-state index contributed by atoms with van der Waals surface area (Å²) >= 11 is 0. The van der Waals surface area contributed by atoms with Gasteiger partial charge in [-0.15, -0.1) is 0 Å². The maximum absolute atomic E-state index is 13.2. The Bertz CT molecular complexity index is 821. The largest absolute Gasteiger partial charge is 0.355 e. The summed E-state index contributed by atoms with van der Waals surface area (Å²) in [5.74, 6) is 0.729. The van der Waals surface area contributed by atoms with Gasteiger partial charge in [0.05, 0.1) is 0 Å². The zero-order valence-electron chi connectivity index (χ0n) is 17.5. The van der Waals surface area contributed by atoms with Crippen molar-refractivity contribution in [2.75, 3.05) is 31.1 Å². The zero-order chi connectivity index (χ0) is 20.8. The quantitative estimate of drug-likeness (QED) is 0.847. The first-order valence-electron chi connectivity index (χ1n) is 10.3. The van der Waals surface area contributed by atoms with Crippen LogP contribution in [-0.4, -0.2) is 53.9 Å². The number of carbonyl (C=O) groups is 2. The maximum Gasteiger partial charge on any atom is 0.251 e. The number of hydrogen-bond donors (Lipinski definition) is 1. The number of benzene rings is 1. The first-order valence-corrected chi connectivity index (χ1v) is 10.3. The van der Waals surface area contributed by atoms with Crippen LogP contribution in [0.3, 0.4) is 0 Å². The van der Waals surface area contributed by atoms with E-state index in [0.29, 0.717) is 18.7 Å². The van der Waals surface area contributed by atoms with E-state index in [1.165, 1.54) is 0 Å². The molecule has 1 atom stereocenters. The van der Waals surface area contributed by atoms with E-state index in [1.807, 2.05) is 56.0 Å². The van der Waals surface area contributed by atoms with Gasteiger partial charge in [0.25, 0.3) is 5.91 Å². The summed E-state index contributed by atoms with van der Waals surface area (Å²) in [4.78, 5) is 34.4. The second-order valence-electron chi connectivity index (χ2n) is 7.91. The van der Waals surface area contributed by atoms with E-state index < -0.39 is 6.04 Å². The van der Waals surface area contributed by atoms with Crippen LogP contribution < -0.4 is 10.2 Å². The summed E-state index contributed by atoms with van der Waals surface area (Å²) in [6, 6.07) is 12.7. The van der Waals surface area contributed by atoms with Crippen LogP contribution >= 0.6 is 0 Å². The third-order valence-corrected chi connectivity index (χ3v) is 5.31. The van der Waals surface area contributed by atoms with Crippen molar-refractivity contribution in [2.45, 2.75) is 33.2 Å². The van der Waals surface area contributed by atoms with Gasteiger partial charge in [0, 0.05) is 37.9 Å². The Labute approximate surface area is 172 Å². The summed E-state index contributed by atoms with van der Waals surface area (Å²) in [5, 5.41) is 2.96. The van der Waals surface area contributed by atoms with Crippen LogP contribution in [0.2, 0.25) is 0 Å². The highest BCUT2D eigenvalue weighted by molar-refractivity contribution is 5.97. The molecule has 2 aromatic rings. The second-order valence-corrected chi connectivity index (χ2v) is 7.91. The predicted octanol–water partition coefficient (Wildman–Crippen LogP) is 2.88. The lowest BCUT2D eigenvalue weighted by molar-refractivity contribution is -0.134. The van der Waals surface area contributed by atoms with Crippen LogP contribution in [0.15, 0.2) is 48.7 Å². The van der Waals surface area contributed by atoms with E-state index in [-0.39, 0.29) is 17.7 Å². The van der Waals surface area contributed by atoms with E-state index in [0.717, 1.165) is 30.9 Å². The van der Waals surface area contributed by atoms with Crippen LogP contribution in [0.1, 0.15) is 36.2 Å². The molecule has 1 aliphatic rings. The fourth-order valence-electron chi connectivity index (χ4n) is 3.55. The first kappa shape index (κ1) is 20.8. The molecule has 0 aliphatic carbocycles. The third kappa shape index (κ3) is 5.34. The van der Waals surface area contributed by atoms with Crippen LogP contribution in [0.4, 0.5) is 5.82 Å². The minimum Gasteiger partial charge on any atom is -0.355 e. The molecule has 6 nitrogen and oxygen atoms in total. The van der Waals surface area contributed by atoms with Gasteiger partial charge in [0.1, 0.15) is 11.9 Å². The topological polar surface area (TPSA) is 65.5 Å². The molecule has 1 saturated heterocycles. The first-order chi connectivity index (χ1) is 14.0. The average molecular weight is 395 g/mol. The van der Waals surface area contributed by atoms with Gasteiger partial charge in [-0.3, -0.25) is 9.59 Å². The minimum atomic E-state index is -0.537. The number of carbonyl (C=O) groups excluding carboxylic acids is 2. The molecule has 0 bridgehead atoms. The number of nitrogens with one attached hydrogen (secondary N) is 1. The summed E-state index contributed by atoms with van der Waals surface area (Å²) < 4.78 is 0. The highest BCUT2D eigenvalue weighted by Crippen LogP contribution is 2.15. The van der Waals surface area contributed by atoms with Crippen molar-refractivity contribution in [1.29, 1.82) is 0 Å². The molecule has 2 heterocycles. The Kier molecular flexibility index (Phi) is 6.86. The lowest BCUT2D eigenvalue weighted by Crippen LogP contribution is -2.52. The summed E-state index contributed by atoms with van der Waals surface area (Å²) in [6.45, 7) is 8.83. The molecule has 2 amide bonds. The minimum absolute atomic E-state index is 0.00652. The van der Waals surface area contributed by atoms with Crippen LogP contribution in [0.25, 0.3) is 0 Å². The van der Waals surface area contributed by atoms with Crippen LogP contribution in [0, 0.1) is 12.8 Å². The SMILES string of the molecule is Cc1ccc(C(=O)NC(C(=O)N2CCCN(c3ccccn3)CC2)C(C)C)cc1. The Morgan fingerprint density at radius 3 is 2.41 bits per heavy atom. The van der Waals surface area contributed by atoms with Crippen molar-refractivity contribution in [3.05, 3.63) is 59.8 Å². The molecular weight excluding hydrogens is 364 g/mol. The summed E-state index contributed by atoms with van der Waals surface area (Å²) in [6.07, 6.45) is 2.66. The van der Waals surface area contributed by atoms with Gasteiger partial charge in [0.2, 0.25) is 5.91 Å². The molecule has 154 valence electrons. The molecule has 0 saturated carbocycles. The highest BCUT2D eigenvalue weighted by atomic mass is 16.2. The fraction of sp³-hybridized carbons (Fsp3) is 0.435. The predicted molar refractivity (Wildman–Crippen MR) is 115 cm³/mol. The Balaban J connectivity index is 1.65. The molecule has 1 fully saturated rings. The van der Waals surface area contributed by atoms with E-state index in [2.05, 4.69) is 15.2 Å². The smallest absolute Gasteiger partial charge is 0.251 e. The molecule has 0 spiro atoms. The molecule has 1 unspecified atom stereocenters. The second kappa shape index (κ2) is 9.54. The number of hydrogen-bond acceptors (Lipinski definition) is 4. The van der Waals surface area contributed by atoms with E-state index in [4.69, 9.17) is 0 Å². The lowest BCUT2D eigenvalue weighted by atomic mass is 10.0. The number of pyridine rings is 1. The van der Waals surface area contributed by atoms with Gasteiger partial charge < -0.3 is 15.1 Å². The molecular formula is C23H30N4O2. The molecule has 1 aromatic heterocycles. The van der Waals surface area contributed by atoms with Gasteiger partial charge in [-0.05, 0) is 43.5 Å².